The number of aliphatic hydroxyl groups is 1. The van der Waals surface area contributed by atoms with Crippen LogP contribution in [-0.2, 0) is 14.3 Å². The standard InChI is InChI=1S/C14H26N2O5/c1-11(17)10-14(3,20)6-9-21-13(19)16(5)8-7-15(4)12(2)18/h20H,6-10H2,1-5H3. The average molecular weight is 302 g/mol. The number of Topliss-reactive ketones (excluding diaryl/α,β-unsaturated/α-hetero) is 1. The van der Waals surface area contributed by atoms with Crippen molar-refractivity contribution in [3.05, 3.63) is 0 Å². The van der Waals surface area contributed by atoms with Gasteiger partial charge in [0, 0.05) is 47.0 Å². The Labute approximate surface area is 125 Å². The van der Waals surface area contributed by atoms with Crippen LogP contribution < -0.4 is 0 Å². The van der Waals surface area contributed by atoms with Crippen molar-refractivity contribution in [2.24, 2.45) is 0 Å². The average Bonchev–Trinajstić information content (AvgIpc) is 2.33. The highest BCUT2D eigenvalue weighted by atomic mass is 16.6. The molecule has 122 valence electrons. The van der Waals surface area contributed by atoms with Crippen molar-refractivity contribution in [2.45, 2.75) is 39.2 Å². The lowest BCUT2D eigenvalue weighted by atomic mass is 9.97. The summed E-state index contributed by atoms with van der Waals surface area (Å²) in [7, 11) is 3.23. The van der Waals surface area contributed by atoms with Crippen LogP contribution in [0, 0.1) is 0 Å². The third-order valence-electron chi connectivity index (χ3n) is 3.12. The predicted octanol–water partition coefficient (Wildman–Crippen LogP) is 0.653. The summed E-state index contributed by atoms with van der Waals surface area (Å²) in [6.45, 7) is 5.21. The number of amides is 2. The molecule has 7 nitrogen and oxygen atoms in total. The fourth-order valence-electron chi connectivity index (χ4n) is 1.64. The van der Waals surface area contributed by atoms with Gasteiger partial charge in [-0.05, 0) is 13.8 Å². The maximum atomic E-state index is 11.7. The number of carbonyl (C=O) groups excluding carboxylic acids is 3. The highest BCUT2D eigenvalue weighted by molar-refractivity contribution is 5.76. The van der Waals surface area contributed by atoms with Crippen LogP contribution in [0.15, 0.2) is 0 Å². The van der Waals surface area contributed by atoms with Crippen LogP contribution in [0.25, 0.3) is 0 Å². The van der Waals surface area contributed by atoms with E-state index in [1.165, 1.54) is 30.6 Å². The van der Waals surface area contributed by atoms with Crippen LogP contribution in [0.2, 0.25) is 0 Å². The predicted molar refractivity (Wildman–Crippen MR) is 77.8 cm³/mol. The second-order valence-electron chi connectivity index (χ2n) is 5.60. The Hall–Kier alpha value is -1.63. The third-order valence-corrected chi connectivity index (χ3v) is 3.12. The molecule has 0 aromatic carbocycles. The summed E-state index contributed by atoms with van der Waals surface area (Å²) in [4.78, 5) is 36.5. The van der Waals surface area contributed by atoms with Gasteiger partial charge in [-0.1, -0.05) is 0 Å². The van der Waals surface area contributed by atoms with Crippen LogP contribution in [0.3, 0.4) is 0 Å². The normalized spacial score (nSPS) is 13.2. The second kappa shape index (κ2) is 8.61. The zero-order valence-corrected chi connectivity index (χ0v) is 13.5. The minimum Gasteiger partial charge on any atom is -0.449 e. The van der Waals surface area contributed by atoms with E-state index in [0.717, 1.165) is 0 Å². The first-order chi connectivity index (χ1) is 9.55. The Morgan fingerprint density at radius 2 is 1.62 bits per heavy atom. The Balaban J connectivity index is 4.03. The first kappa shape index (κ1) is 19.4. The molecule has 1 N–H and O–H groups in total. The van der Waals surface area contributed by atoms with Gasteiger partial charge in [0.25, 0.3) is 0 Å². The van der Waals surface area contributed by atoms with Gasteiger partial charge in [-0.15, -0.1) is 0 Å². The molecule has 1 atom stereocenters. The fraction of sp³-hybridized carbons (Fsp3) is 0.786. The molecule has 0 spiro atoms. The van der Waals surface area contributed by atoms with Crippen molar-refractivity contribution >= 4 is 17.8 Å². The van der Waals surface area contributed by atoms with Gasteiger partial charge >= 0.3 is 6.09 Å². The van der Waals surface area contributed by atoms with Crippen molar-refractivity contribution in [3.8, 4) is 0 Å². The maximum absolute atomic E-state index is 11.7. The largest absolute Gasteiger partial charge is 0.449 e. The molecule has 2 amide bonds. The van der Waals surface area contributed by atoms with E-state index in [2.05, 4.69) is 0 Å². The molecule has 0 aromatic rings. The lowest BCUT2D eigenvalue weighted by molar-refractivity contribution is -0.127. The SMILES string of the molecule is CC(=O)CC(C)(O)CCOC(=O)N(C)CCN(C)C(C)=O. The lowest BCUT2D eigenvalue weighted by Crippen LogP contribution is -2.37. The Morgan fingerprint density at radius 1 is 1.10 bits per heavy atom. The smallest absolute Gasteiger partial charge is 0.409 e. The number of ketones is 1. The van der Waals surface area contributed by atoms with Gasteiger partial charge in [0.1, 0.15) is 5.78 Å². The Kier molecular flexibility index (Phi) is 7.94. The summed E-state index contributed by atoms with van der Waals surface area (Å²) < 4.78 is 5.03. The Morgan fingerprint density at radius 3 is 2.10 bits per heavy atom. The number of ether oxygens (including phenoxy) is 1. The van der Waals surface area contributed by atoms with Gasteiger partial charge in [-0.3, -0.25) is 9.59 Å². The van der Waals surface area contributed by atoms with Crippen LogP contribution in [0.1, 0.15) is 33.6 Å². The Bertz CT molecular complexity index is 382. The summed E-state index contributed by atoms with van der Waals surface area (Å²) in [5, 5.41) is 9.90. The van der Waals surface area contributed by atoms with E-state index in [9.17, 15) is 19.5 Å². The molecule has 0 aliphatic heterocycles. The maximum Gasteiger partial charge on any atom is 0.409 e. The van der Waals surface area contributed by atoms with E-state index in [4.69, 9.17) is 4.74 Å². The first-order valence-corrected chi connectivity index (χ1v) is 6.86. The molecule has 0 aromatic heterocycles. The molecule has 21 heavy (non-hydrogen) atoms. The highest BCUT2D eigenvalue weighted by Crippen LogP contribution is 2.14. The summed E-state index contributed by atoms with van der Waals surface area (Å²) >= 11 is 0. The molecule has 0 aliphatic rings. The van der Waals surface area contributed by atoms with Gasteiger partial charge in [-0.2, -0.15) is 0 Å². The number of rotatable bonds is 8. The number of nitrogens with zero attached hydrogens (tertiary/aromatic N) is 2. The quantitative estimate of drug-likeness (QED) is 0.711. The number of carbonyl (C=O) groups is 3. The summed E-state index contributed by atoms with van der Waals surface area (Å²) in [6.07, 6.45) is -0.297. The summed E-state index contributed by atoms with van der Waals surface area (Å²) in [5.41, 5.74) is -1.17. The van der Waals surface area contributed by atoms with Crippen molar-refractivity contribution in [2.75, 3.05) is 33.8 Å². The highest BCUT2D eigenvalue weighted by Gasteiger charge is 2.23. The van der Waals surface area contributed by atoms with Crippen molar-refractivity contribution in [1.82, 2.24) is 9.80 Å². The van der Waals surface area contributed by atoms with E-state index in [-0.39, 0.29) is 31.1 Å². The molecule has 0 radical (unpaired) electrons. The molecule has 0 aliphatic carbocycles. The molecule has 0 heterocycles. The molecule has 1 unspecified atom stereocenters. The van der Waals surface area contributed by atoms with Gasteiger partial charge in [0.05, 0.1) is 12.2 Å². The molecular formula is C14H26N2O5. The molecular weight excluding hydrogens is 276 g/mol. The molecule has 0 saturated carbocycles. The van der Waals surface area contributed by atoms with Gasteiger partial charge in [0.15, 0.2) is 0 Å². The summed E-state index contributed by atoms with van der Waals surface area (Å²) in [5.74, 6) is -0.187. The molecule has 0 rings (SSSR count). The number of likely N-dealkylation sites (N-methyl/N-ethyl adjacent to an activating group) is 2. The van der Waals surface area contributed by atoms with Crippen molar-refractivity contribution in [1.29, 1.82) is 0 Å². The summed E-state index contributed by atoms with van der Waals surface area (Å²) in [6, 6.07) is 0. The number of hydrogen-bond acceptors (Lipinski definition) is 5. The fourth-order valence-corrected chi connectivity index (χ4v) is 1.64. The lowest BCUT2D eigenvalue weighted by Gasteiger charge is -2.23. The van der Waals surface area contributed by atoms with E-state index in [1.54, 1.807) is 14.1 Å². The van der Waals surface area contributed by atoms with Crippen LogP contribution >= 0.6 is 0 Å². The zero-order valence-electron chi connectivity index (χ0n) is 13.5. The minimum absolute atomic E-state index is 0.0315. The van der Waals surface area contributed by atoms with Gasteiger partial charge in [-0.25, -0.2) is 4.79 Å². The third kappa shape index (κ3) is 9.01. The topological polar surface area (TPSA) is 87.2 Å². The molecule has 7 heteroatoms. The molecule has 0 bridgehead atoms. The first-order valence-electron chi connectivity index (χ1n) is 6.86. The molecule has 0 fully saturated rings. The second-order valence-corrected chi connectivity index (χ2v) is 5.60. The van der Waals surface area contributed by atoms with Gasteiger partial charge in [0.2, 0.25) is 5.91 Å². The van der Waals surface area contributed by atoms with Crippen molar-refractivity contribution in [3.63, 3.8) is 0 Å². The minimum atomic E-state index is -1.17. The van der Waals surface area contributed by atoms with Crippen LogP contribution in [0.5, 0.6) is 0 Å². The van der Waals surface area contributed by atoms with E-state index >= 15 is 0 Å². The van der Waals surface area contributed by atoms with E-state index < -0.39 is 11.7 Å². The number of hydrogen-bond donors (Lipinski definition) is 1. The molecule has 0 saturated heterocycles. The van der Waals surface area contributed by atoms with Gasteiger partial charge < -0.3 is 19.6 Å². The zero-order chi connectivity index (χ0) is 16.6. The van der Waals surface area contributed by atoms with E-state index in [0.29, 0.717) is 13.1 Å². The van der Waals surface area contributed by atoms with E-state index in [1.807, 2.05) is 0 Å². The van der Waals surface area contributed by atoms with Crippen LogP contribution in [-0.4, -0.2) is 72.1 Å². The monoisotopic (exact) mass is 302 g/mol. The van der Waals surface area contributed by atoms with Crippen molar-refractivity contribution < 1.29 is 24.2 Å². The van der Waals surface area contributed by atoms with Crippen LogP contribution in [0.4, 0.5) is 4.79 Å².